The summed E-state index contributed by atoms with van der Waals surface area (Å²) in [5, 5.41) is 0. The van der Waals surface area contributed by atoms with Gasteiger partial charge in [0.2, 0.25) is 5.95 Å². The van der Waals surface area contributed by atoms with Crippen molar-refractivity contribution >= 4 is 23.4 Å². The number of anilines is 4. The molecule has 3 aliphatic rings. The Morgan fingerprint density at radius 2 is 1.56 bits per heavy atom. The smallest absolute Gasteiger partial charge is 0.384 e. The number of ether oxygens (including phenoxy) is 2. The van der Waals surface area contributed by atoms with Gasteiger partial charge in [-0.2, -0.15) is 31.3 Å². The number of nitrogens with two attached hydrogens (primary N) is 2. The topological polar surface area (TPSA) is 129 Å². The zero-order chi connectivity index (χ0) is 29.4. The van der Waals surface area contributed by atoms with Gasteiger partial charge in [-0.25, -0.2) is 15.0 Å². The Kier molecular flexibility index (Phi) is 7.78. The molecule has 16 heteroatoms. The number of pyridine rings is 2. The fourth-order valence-electron chi connectivity index (χ4n) is 4.87. The summed E-state index contributed by atoms with van der Waals surface area (Å²) >= 11 is 0. The number of halogens is 6. The summed E-state index contributed by atoms with van der Waals surface area (Å²) in [4.78, 5) is 20.8. The van der Waals surface area contributed by atoms with Gasteiger partial charge in [0.05, 0.1) is 49.3 Å². The summed E-state index contributed by atoms with van der Waals surface area (Å²) < 4.78 is 88.1. The molecular weight excluding hydrogens is 558 g/mol. The minimum absolute atomic E-state index is 0.0396. The van der Waals surface area contributed by atoms with Crippen LogP contribution in [0.15, 0.2) is 30.6 Å². The average Bonchev–Trinajstić information content (AvgIpc) is 3.31. The number of nitrogen functional groups attached to an aromatic ring is 2. The molecule has 1 atom stereocenters. The van der Waals surface area contributed by atoms with Crippen molar-refractivity contribution in [2.45, 2.75) is 24.8 Å². The lowest BCUT2D eigenvalue weighted by Crippen LogP contribution is -2.43. The van der Waals surface area contributed by atoms with Gasteiger partial charge in [-0.15, -0.1) is 0 Å². The molecule has 3 aromatic rings. The molecule has 2 saturated heterocycles. The highest BCUT2D eigenvalue weighted by atomic mass is 19.4. The molecule has 0 unspecified atom stereocenters. The highest BCUT2D eigenvalue weighted by molar-refractivity contribution is 5.76. The number of nitrogens with zero attached hydrogens (tertiary/aromatic N) is 6. The third-order valence-electron chi connectivity index (χ3n) is 6.80. The summed E-state index contributed by atoms with van der Waals surface area (Å²) in [6.07, 6.45) is -6.21. The van der Waals surface area contributed by atoms with E-state index in [1.165, 1.54) is 0 Å². The molecule has 0 bridgehead atoms. The molecule has 0 spiro atoms. The number of hydrogen-bond acceptors (Lipinski definition) is 10. The maximum Gasteiger partial charge on any atom is 0.417 e. The largest absolute Gasteiger partial charge is 0.417 e. The molecule has 10 nitrogen and oxygen atoms in total. The number of hydrogen-bond donors (Lipinski definition) is 2. The molecule has 2 fully saturated rings. The van der Waals surface area contributed by atoms with Crippen molar-refractivity contribution in [2.75, 3.05) is 67.3 Å². The molecule has 0 radical (unpaired) electrons. The minimum Gasteiger partial charge on any atom is -0.384 e. The van der Waals surface area contributed by atoms with Crippen LogP contribution in [0.25, 0.3) is 11.3 Å². The summed E-state index contributed by atoms with van der Waals surface area (Å²) in [7, 11) is 0. The first kappa shape index (κ1) is 28.6. The van der Waals surface area contributed by atoms with E-state index in [1.807, 2.05) is 4.90 Å². The van der Waals surface area contributed by atoms with E-state index in [-0.39, 0.29) is 28.9 Å². The van der Waals surface area contributed by atoms with E-state index in [0.29, 0.717) is 69.8 Å². The van der Waals surface area contributed by atoms with Crippen molar-refractivity contribution in [3.8, 4) is 11.3 Å². The van der Waals surface area contributed by atoms with Crippen molar-refractivity contribution < 1.29 is 35.8 Å². The van der Waals surface area contributed by atoms with Crippen LogP contribution in [0.3, 0.4) is 0 Å². The highest BCUT2D eigenvalue weighted by Crippen LogP contribution is 2.43. The highest BCUT2D eigenvalue weighted by Gasteiger charge is 2.40. The van der Waals surface area contributed by atoms with Crippen molar-refractivity contribution in [3.63, 3.8) is 0 Å². The molecule has 4 N–H and O–H groups in total. The summed E-state index contributed by atoms with van der Waals surface area (Å²) in [5.41, 5.74) is 9.87. The van der Waals surface area contributed by atoms with Gasteiger partial charge in [-0.3, -0.25) is 0 Å². The van der Waals surface area contributed by atoms with Crippen LogP contribution in [0.5, 0.6) is 0 Å². The fourth-order valence-corrected chi connectivity index (χ4v) is 4.87. The van der Waals surface area contributed by atoms with Crippen molar-refractivity contribution in [1.29, 1.82) is 0 Å². The number of rotatable bonds is 2. The molecule has 41 heavy (non-hydrogen) atoms. The normalized spacial score (nSPS) is 18.8. The van der Waals surface area contributed by atoms with E-state index < -0.39 is 23.5 Å². The van der Waals surface area contributed by atoms with E-state index in [0.717, 1.165) is 30.6 Å². The predicted molar refractivity (Wildman–Crippen MR) is 137 cm³/mol. The number of aromatic nitrogens is 4. The van der Waals surface area contributed by atoms with E-state index in [2.05, 4.69) is 19.9 Å². The van der Waals surface area contributed by atoms with E-state index in [4.69, 9.17) is 25.9 Å². The predicted octanol–water partition coefficient (Wildman–Crippen LogP) is 3.42. The quantitative estimate of drug-likeness (QED) is 0.433. The van der Waals surface area contributed by atoms with Gasteiger partial charge in [0, 0.05) is 49.6 Å². The Balaban J connectivity index is 0.000000259. The summed E-state index contributed by atoms with van der Waals surface area (Å²) in [6, 6.07) is 2.57. The maximum atomic E-state index is 13.8. The Morgan fingerprint density at radius 3 is 2.22 bits per heavy atom. The third kappa shape index (κ3) is 6.22. The molecule has 0 amide bonds. The first-order valence-corrected chi connectivity index (χ1v) is 12.6. The SMILES string of the molecule is Nc1cc(C(F)(F)F)c(-c2nc(N3CCOCC3)nc3c2C[C@H]2COCCN32)cn1.Nc1cc(C(F)(F)F)ccn1. The zero-order valence-corrected chi connectivity index (χ0v) is 21.5. The van der Waals surface area contributed by atoms with Crippen molar-refractivity contribution in [3.05, 3.63) is 47.3 Å². The van der Waals surface area contributed by atoms with Crippen LogP contribution < -0.4 is 21.3 Å². The van der Waals surface area contributed by atoms with Crippen molar-refractivity contribution in [2.24, 2.45) is 0 Å². The molecule has 3 aliphatic heterocycles. The maximum absolute atomic E-state index is 13.8. The van der Waals surface area contributed by atoms with Gasteiger partial charge in [0.1, 0.15) is 17.5 Å². The number of fused-ring (bicyclic) bond motifs is 3. The molecule has 6 heterocycles. The van der Waals surface area contributed by atoms with Crippen LogP contribution in [0, 0.1) is 0 Å². The Labute approximate surface area is 230 Å². The van der Waals surface area contributed by atoms with Crippen LogP contribution in [0.4, 0.5) is 49.7 Å². The molecule has 0 aliphatic carbocycles. The Bertz CT molecular complexity index is 1400. The molecule has 0 aromatic carbocycles. The van der Waals surface area contributed by atoms with Crippen LogP contribution in [0.2, 0.25) is 0 Å². The fraction of sp³-hybridized carbons (Fsp3) is 0.440. The Morgan fingerprint density at radius 1 is 0.854 bits per heavy atom. The Hall–Kier alpha value is -3.92. The van der Waals surface area contributed by atoms with Gasteiger partial charge in [-0.05, 0) is 18.2 Å². The van der Waals surface area contributed by atoms with Gasteiger partial charge >= 0.3 is 12.4 Å². The lowest BCUT2D eigenvalue weighted by molar-refractivity contribution is -0.138. The lowest BCUT2D eigenvalue weighted by atomic mass is 10.0. The van der Waals surface area contributed by atoms with Gasteiger partial charge in [0.25, 0.3) is 0 Å². The second-order valence-corrected chi connectivity index (χ2v) is 9.52. The molecule has 0 saturated carbocycles. The molecule has 6 rings (SSSR count). The molecular formula is C25H26F6N8O2. The first-order chi connectivity index (χ1) is 19.4. The van der Waals surface area contributed by atoms with Gasteiger partial charge in [-0.1, -0.05) is 0 Å². The monoisotopic (exact) mass is 584 g/mol. The average molecular weight is 585 g/mol. The summed E-state index contributed by atoms with van der Waals surface area (Å²) in [6.45, 7) is 3.91. The van der Waals surface area contributed by atoms with E-state index >= 15 is 0 Å². The third-order valence-corrected chi connectivity index (χ3v) is 6.80. The van der Waals surface area contributed by atoms with E-state index in [1.54, 1.807) is 0 Å². The van der Waals surface area contributed by atoms with Crippen LogP contribution in [-0.4, -0.2) is 72.0 Å². The summed E-state index contributed by atoms with van der Waals surface area (Å²) in [5.74, 6) is 0.778. The first-order valence-electron chi connectivity index (χ1n) is 12.6. The van der Waals surface area contributed by atoms with Crippen LogP contribution >= 0.6 is 0 Å². The zero-order valence-electron chi connectivity index (χ0n) is 21.5. The molecule has 220 valence electrons. The minimum atomic E-state index is -4.59. The van der Waals surface area contributed by atoms with Crippen LogP contribution in [0.1, 0.15) is 16.7 Å². The van der Waals surface area contributed by atoms with Gasteiger partial charge < -0.3 is 30.7 Å². The standard InChI is InChI=1S/C19H21F3N6O2.C6H5F3N2/c20-19(21,22)14-8-15(23)24-9-13(14)16-12-7-11-10-30-6-3-28(11)17(12)26-18(25-16)27-1-4-29-5-2-27;7-6(8,9)4-1-2-11-5(10)3-4/h8-9,11H,1-7,10H2,(H2,23,24);1-3H,(H2,10,11)/t11-;/m0./s1. The second kappa shape index (κ2) is 11.2. The number of morpholine rings is 2. The van der Waals surface area contributed by atoms with Crippen LogP contribution in [-0.2, 0) is 28.2 Å². The second-order valence-electron chi connectivity index (χ2n) is 9.52. The lowest BCUT2D eigenvalue weighted by Gasteiger charge is -2.32. The molecule has 3 aromatic heterocycles. The van der Waals surface area contributed by atoms with E-state index in [9.17, 15) is 26.3 Å². The van der Waals surface area contributed by atoms with Gasteiger partial charge in [0.15, 0.2) is 0 Å². The number of alkyl halides is 6. The van der Waals surface area contributed by atoms with Crippen molar-refractivity contribution in [1.82, 2.24) is 19.9 Å².